The van der Waals surface area contributed by atoms with Gasteiger partial charge in [-0.3, -0.25) is 9.97 Å². The third kappa shape index (κ3) is 4.28. The van der Waals surface area contributed by atoms with Crippen molar-refractivity contribution in [2.75, 3.05) is 6.61 Å². The Kier molecular flexibility index (Phi) is 5.38. The first kappa shape index (κ1) is 18.5. The zero-order valence-corrected chi connectivity index (χ0v) is 14.7. The lowest BCUT2D eigenvalue weighted by Crippen LogP contribution is -2.20. The van der Waals surface area contributed by atoms with Crippen molar-refractivity contribution in [3.8, 4) is 5.75 Å². The standard InChI is InChI=1S/C17H16F3N3O2S/c1-2-11-14(21-8-7-15(11)25-10-17(18,19)20)9-26(24)16-22-12-5-3-4-6-13(12)23-16/h3-8H,2,9-10H2,1H3,(H,22,23). The van der Waals surface area contributed by atoms with Crippen molar-refractivity contribution in [1.29, 1.82) is 0 Å². The molecule has 0 bridgehead atoms. The number of rotatable bonds is 6. The molecule has 0 saturated heterocycles. The van der Waals surface area contributed by atoms with Crippen LogP contribution in [-0.4, -0.2) is 32.3 Å². The average molecular weight is 383 g/mol. The summed E-state index contributed by atoms with van der Waals surface area (Å²) >= 11 is -1.52. The van der Waals surface area contributed by atoms with E-state index in [1.165, 1.54) is 12.3 Å². The summed E-state index contributed by atoms with van der Waals surface area (Å²) in [5, 5.41) is 0.302. The van der Waals surface area contributed by atoms with Gasteiger partial charge in [0.1, 0.15) is 5.75 Å². The minimum atomic E-state index is -4.43. The van der Waals surface area contributed by atoms with E-state index in [9.17, 15) is 17.7 Å². The number of alkyl halides is 3. The molecule has 2 aromatic heterocycles. The Bertz CT molecular complexity index is 865. The number of para-hydroxylation sites is 2. The molecule has 9 heteroatoms. The maximum absolute atomic E-state index is 12.6. The molecule has 5 nitrogen and oxygen atoms in total. The van der Waals surface area contributed by atoms with Crippen LogP contribution in [0, 0.1) is 0 Å². The van der Waals surface area contributed by atoms with Crippen LogP contribution in [0.3, 0.4) is 0 Å². The van der Waals surface area contributed by atoms with E-state index in [0.29, 0.717) is 28.4 Å². The molecule has 0 aliphatic carbocycles. The number of benzene rings is 1. The molecule has 2 heterocycles. The van der Waals surface area contributed by atoms with Crippen LogP contribution in [0.15, 0.2) is 41.7 Å². The number of imidazole rings is 1. The number of ether oxygens (including phenoxy) is 1. The Morgan fingerprint density at radius 1 is 1.23 bits per heavy atom. The zero-order valence-electron chi connectivity index (χ0n) is 13.8. The number of aromatic nitrogens is 3. The normalized spacial score (nSPS) is 13.1. The second-order valence-corrected chi connectivity index (χ2v) is 6.91. The fraction of sp³-hybridized carbons (Fsp3) is 0.294. The molecule has 0 fully saturated rings. The molecular formula is C17H16F3N3O2S. The summed E-state index contributed by atoms with van der Waals surface area (Å²) in [4.78, 5) is 11.5. The molecule has 26 heavy (non-hydrogen) atoms. The van der Waals surface area contributed by atoms with E-state index in [4.69, 9.17) is 4.74 Å². The minimum Gasteiger partial charge on any atom is -0.609 e. The van der Waals surface area contributed by atoms with E-state index in [1.807, 2.05) is 18.2 Å². The number of aromatic amines is 1. The molecule has 1 unspecified atom stereocenters. The van der Waals surface area contributed by atoms with Gasteiger partial charge in [0.05, 0.1) is 16.7 Å². The van der Waals surface area contributed by atoms with Crippen molar-refractivity contribution in [3.05, 3.63) is 47.8 Å². The maximum atomic E-state index is 12.6. The highest BCUT2D eigenvalue weighted by Gasteiger charge is 2.29. The van der Waals surface area contributed by atoms with E-state index in [2.05, 4.69) is 15.0 Å². The molecule has 0 aliphatic heterocycles. The minimum absolute atomic E-state index is 0.0339. The Labute approximate surface area is 150 Å². The lowest BCUT2D eigenvalue weighted by atomic mass is 10.1. The Morgan fingerprint density at radius 2 is 2.00 bits per heavy atom. The number of pyridine rings is 1. The van der Waals surface area contributed by atoms with E-state index in [-0.39, 0.29) is 11.5 Å². The Hall–Kier alpha value is -2.26. The molecule has 3 rings (SSSR count). The van der Waals surface area contributed by atoms with Gasteiger partial charge in [-0.25, -0.2) is 0 Å². The van der Waals surface area contributed by atoms with Crippen molar-refractivity contribution in [3.63, 3.8) is 0 Å². The van der Waals surface area contributed by atoms with E-state index >= 15 is 0 Å². The van der Waals surface area contributed by atoms with Gasteiger partial charge in [0.2, 0.25) is 0 Å². The largest absolute Gasteiger partial charge is 0.609 e. The van der Waals surface area contributed by atoms with Crippen LogP contribution in [0.2, 0.25) is 0 Å². The number of hydrogen-bond donors (Lipinski definition) is 1. The number of hydrogen-bond acceptors (Lipinski definition) is 4. The lowest BCUT2D eigenvalue weighted by molar-refractivity contribution is -0.153. The topological polar surface area (TPSA) is 73.9 Å². The first-order chi connectivity index (χ1) is 12.4. The summed E-state index contributed by atoms with van der Waals surface area (Å²) in [5.74, 6) is 0.142. The summed E-state index contributed by atoms with van der Waals surface area (Å²) in [6.07, 6.45) is -2.66. The smallest absolute Gasteiger partial charge is 0.422 e. The summed E-state index contributed by atoms with van der Waals surface area (Å²) in [6, 6.07) is 8.68. The van der Waals surface area contributed by atoms with Gasteiger partial charge in [0.25, 0.3) is 0 Å². The van der Waals surface area contributed by atoms with E-state index in [1.54, 1.807) is 13.0 Å². The molecule has 0 saturated carbocycles. The molecular weight excluding hydrogens is 367 g/mol. The van der Waals surface area contributed by atoms with E-state index < -0.39 is 24.0 Å². The third-order valence-corrected chi connectivity index (χ3v) is 4.86. The van der Waals surface area contributed by atoms with Crippen LogP contribution >= 0.6 is 0 Å². The molecule has 1 atom stereocenters. The predicted molar refractivity (Wildman–Crippen MR) is 91.4 cm³/mol. The van der Waals surface area contributed by atoms with Crippen molar-refractivity contribution >= 4 is 22.2 Å². The van der Waals surface area contributed by atoms with Crippen LogP contribution in [0.1, 0.15) is 18.2 Å². The monoisotopic (exact) mass is 383 g/mol. The van der Waals surface area contributed by atoms with Crippen LogP contribution in [0.5, 0.6) is 5.75 Å². The van der Waals surface area contributed by atoms with Gasteiger partial charge in [-0.05, 0) is 24.6 Å². The zero-order chi connectivity index (χ0) is 18.7. The summed E-state index contributed by atoms with van der Waals surface area (Å²) < 4.78 is 54.7. The fourth-order valence-electron chi connectivity index (χ4n) is 2.54. The summed E-state index contributed by atoms with van der Waals surface area (Å²) in [6.45, 7) is 0.404. The number of H-pyrrole nitrogens is 1. The first-order valence-corrected chi connectivity index (χ1v) is 9.18. The molecule has 138 valence electrons. The van der Waals surface area contributed by atoms with Crippen LogP contribution < -0.4 is 4.74 Å². The second-order valence-electron chi connectivity index (χ2n) is 5.54. The average Bonchev–Trinajstić information content (AvgIpc) is 3.03. The van der Waals surface area contributed by atoms with Crippen molar-refractivity contribution in [2.45, 2.75) is 30.4 Å². The van der Waals surface area contributed by atoms with Gasteiger partial charge in [-0.2, -0.15) is 18.2 Å². The molecule has 0 spiro atoms. The van der Waals surface area contributed by atoms with Crippen LogP contribution in [-0.2, 0) is 23.3 Å². The van der Waals surface area contributed by atoms with Crippen molar-refractivity contribution in [2.24, 2.45) is 0 Å². The highest BCUT2D eigenvalue weighted by atomic mass is 32.2. The SMILES string of the molecule is CCc1c(OCC(F)(F)F)ccnc1C[S+]([O-])c1nc2ccccc2[nH]1. The lowest BCUT2D eigenvalue weighted by Gasteiger charge is -2.15. The molecule has 0 radical (unpaired) electrons. The maximum Gasteiger partial charge on any atom is 0.422 e. The highest BCUT2D eigenvalue weighted by molar-refractivity contribution is 7.90. The van der Waals surface area contributed by atoms with Gasteiger partial charge < -0.3 is 9.29 Å². The third-order valence-electron chi connectivity index (χ3n) is 3.70. The molecule has 1 aromatic carbocycles. The van der Waals surface area contributed by atoms with Gasteiger partial charge in [0, 0.05) is 22.9 Å². The second kappa shape index (κ2) is 7.55. The number of nitrogens with zero attached hydrogens (tertiary/aromatic N) is 2. The first-order valence-electron chi connectivity index (χ1n) is 7.87. The molecule has 0 aliphatic rings. The van der Waals surface area contributed by atoms with Gasteiger partial charge in [-0.1, -0.05) is 19.1 Å². The molecule has 0 amide bonds. The van der Waals surface area contributed by atoms with Crippen LogP contribution in [0.4, 0.5) is 13.2 Å². The Balaban J connectivity index is 1.82. The quantitative estimate of drug-likeness (QED) is 0.658. The summed E-state index contributed by atoms with van der Waals surface area (Å²) in [5.41, 5.74) is 2.41. The van der Waals surface area contributed by atoms with Gasteiger partial charge >= 0.3 is 11.3 Å². The number of halogens is 3. The van der Waals surface area contributed by atoms with Gasteiger partial charge in [-0.15, -0.1) is 0 Å². The number of fused-ring (bicyclic) bond motifs is 1. The van der Waals surface area contributed by atoms with Crippen LogP contribution in [0.25, 0.3) is 11.0 Å². The van der Waals surface area contributed by atoms with Crippen molar-refractivity contribution in [1.82, 2.24) is 15.0 Å². The van der Waals surface area contributed by atoms with Gasteiger partial charge in [0.15, 0.2) is 12.4 Å². The fourth-order valence-corrected chi connectivity index (χ4v) is 3.60. The predicted octanol–water partition coefficient (Wildman–Crippen LogP) is 3.77. The Morgan fingerprint density at radius 3 is 2.69 bits per heavy atom. The number of nitrogens with one attached hydrogen (secondary N) is 1. The highest BCUT2D eigenvalue weighted by Crippen LogP contribution is 2.27. The summed E-state index contributed by atoms with van der Waals surface area (Å²) in [7, 11) is 0. The molecule has 3 aromatic rings. The molecule has 1 N–H and O–H groups in total. The van der Waals surface area contributed by atoms with Crippen molar-refractivity contribution < 1.29 is 22.5 Å². The van der Waals surface area contributed by atoms with E-state index in [0.717, 1.165) is 5.52 Å².